The van der Waals surface area contributed by atoms with E-state index in [2.05, 4.69) is 5.32 Å². The number of hydrogen-bond acceptors (Lipinski definition) is 3. The molecule has 4 nitrogen and oxygen atoms in total. The quantitative estimate of drug-likeness (QED) is 0.849. The van der Waals surface area contributed by atoms with Gasteiger partial charge >= 0.3 is 6.09 Å². The number of hydrogen-bond donors (Lipinski definition) is 2. The monoisotopic (exact) mass is 254 g/mol. The van der Waals surface area contributed by atoms with Crippen LogP contribution in [-0.2, 0) is 4.74 Å². The second kappa shape index (κ2) is 6.35. The second-order valence-electron chi connectivity index (χ2n) is 4.28. The molecule has 0 unspecified atom stereocenters. The van der Waals surface area contributed by atoms with E-state index in [9.17, 15) is 9.18 Å². The van der Waals surface area contributed by atoms with Gasteiger partial charge in [0.15, 0.2) is 0 Å². The molecule has 1 aromatic carbocycles. The third-order valence-electron chi connectivity index (χ3n) is 2.97. The van der Waals surface area contributed by atoms with Crippen LogP contribution < -0.4 is 11.1 Å². The Morgan fingerprint density at radius 2 is 2.11 bits per heavy atom. The lowest BCUT2D eigenvalue weighted by molar-refractivity contribution is 0.125. The average Bonchev–Trinajstić information content (AvgIpc) is 2.36. The van der Waals surface area contributed by atoms with Gasteiger partial charge in [-0.25, -0.2) is 9.18 Å². The number of carbonyl (C=O) groups excluding carboxylic acids is 1. The van der Waals surface area contributed by atoms with Crippen LogP contribution in [0.3, 0.4) is 0 Å². The number of anilines is 1. The van der Waals surface area contributed by atoms with Gasteiger partial charge < -0.3 is 10.5 Å². The predicted octanol–water partition coefficient (Wildman–Crippen LogP) is 2.89. The van der Waals surface area contributed by atoms with E-state index in [1.54, 1.807) is 6.07 Å². The molecule has 0 spiro atoms. The topological polar surface area (TPSA) is 64.3 Å². The third kappa shape index (κ3) is 4.33. The zero-order valence-corrected chi connectivity index (χ0v) is 10.7. The van der Waals surface area contributed by atoms with E-state index in [0.29, 0.717) is 5.69 Å². The van der Waals surface area contributed by atoms with Gasteiger partial charge in [0.2, 0.25) is 0 Å². The largest absolute Gasteiger partial charge is 0.447 e. The minimum atomic E-state index is -0.627. The number of carbonyl (C=O) groups is 1. The number of amides is 1. The van der Waals surface area contributed by atoms with Crippen molar-refractivity contribution in [1.82, 2.24) is 0 Å². The van der Waals surface area contributed by atoms with Crippen molar-refractivity contribution in [3.05, 3.63) is 30.1 Å². The molecule has 0 saturated heterocycles. The normalized spacial score (nSPS) is 11.1. The molecule has 0 heterocycles. The first-order valence-electron chi connectivity index (χ1n) is 5.97. The fourth-order valence-electron chi connectivity index (χ4n) is 1.38. The van der Waals surface area contributed by atoms with Crippen molar-refractivity contribution in [3.8, 4) is 0 Å². The Hall–Kier alpha value is -1.62. The third-order valence-corrected chi connectivity index (χ3v) is 2.97. The Balaban J connectivity index is 2.47. The molecule has 0 aliphatic carbocycles. The van der Waals surface area contributed by atoms with E-state index in [4.69, 9.17) is 10.5 Å². The number of nitrogens with two attached hydrogens (primary N) is 1. The van der Waals surface area contributed by atoms with E-state index in [-0.39, 0.29) is 6.61 Å². The highest BCUT2D eigenvalue weighted by molar-refractivity contribution is 5.84. The van der Waals surface area contributed by atoms with Crippen molar-refractivity contribution in [2.45, 2.75) is 32.2 Å². The molecule has 18 heavy (non-hydrogen) atoms. The summed E-state index contributed by atoms with van der Waals surface area (Å²) in [6.45, 7) is 4.02. The lowest BCUT2D eigenvalue weighted by Gasteiger charge is -2.25. The van der Waals surface area contributed by atoms with Gasteiger partial charge in [-0.2, -0.15) is 0 Å². The first-order chi connectivity index (χ1) is 8.49. The summed E-state index contributed by atoms with van der Waals surface area (Å²) in [5, 5.41) is 2.45. The lowest BCUT2D eigenvalue weighted by Crippen LogP contribution is -2.44. The molecule has 0 aliphatic rings. The summed E-state index contributed by atoms with van der Waals surface area (Å²) in [7, 11) is 0. The number of halogens is 1. The molecule has 0 saturated carbocycles. The summed E-state index contributed by atoms with van der Waals surface area (Å²) >= 11 is 0. The summed E-state index contributed by atoms with van der Waals surface area (Å²) < 4.78 is 17.9. The fourth-order valence-corrected chi connectivity index (χ4v) is 1.38. The first kappa shape index (κ1) is 14.4. The molecule has 3 N–H and O–H groups in total. The van der Waals surface area contributed by atoms with Gasteiger partial charge in [-0.3, -0.25) is 5.32 Å². The molecule has 0 fully saturated rings. The summed E-state index contributed by atoms with van der Waals surface area (Å²) in [6.07, 6.45) is 0.811. The summed E-state index contributed by atoms with van der Waals surface area (Å²) in [6, 6.07) is 5.61. The van der Waals surface area contributed by atoms with Crippen molar-refractivity contribution in [2.75, 3.05) is 11.9 Å². The van der Waals surface area contributed by atoms with Crippen LogP contribution in [-0.4, -0.2) is 18.2 Å². The predicted molar refractivity (Wildman–Crippen MR) is 68.9 cm³/mol. The fraction of sp³-hybridized carbons (Fsp3) is 0.462. The van der Waals surface area contributed by atoms with E-state index in [0.717, 1.165) is 12.8 Å². The molecule has 0 atom stereocenters. The molecular weight excluding hydrogens is 235 g/mol. The highest BCUT2D eigenvalue weighted by Crippen LogP contribution is 2.13. The van der Waals surface area contributed by atoms with Crippen molar-refractivity contribution in [2.24, 2.45) is 5.73 Å². The van der Waals surface area contributed by atoms with Crippen LogP contribution in [0.15, 0.2) is 24.3 Å². The Morgan fingerprint density at radius 3 is 2.67 bits per heavy atom. The van der Waals surface area contributed by atoms with E-state index < -0.39 is 17.4 Å². The van der Waals surface area contributed by atoms with Crippen LogP contribution in [0.1, 0.15) is 26.7 Å². The molecule has 5 heteroatoms. The summed E-state index contributed by atoms with van der Waals surface area (Å²) in [5.74, 6) is -0.414. The Bertz CT molecular complexity index is 406. The van der Waals surface area contributed by atoms with Crippen LogP contribution in [0.25, 0.3) is 0 Å². The zero-order chi connectivity index (χ0) is 13.6. The van der Waals surface area contributed by atoms with Gasteiger partial charge in [0.05, 0.1) is 0 Å². The molecule has 0 bridgehead atoms. The van der Waals surface area contributed by atoms with Crippen molar-refractivity contribution < 1.29 is 13.9 Å². The van der Waals surface area contributed by atoms with E-state index >= 15 is 0 Å². The van der Waals surface area contributed by atoms with E-state index in [1.807, 2.05) is 13.8 Å². The molecule has 1 amide bonds. The molecule has 1 rings (SSSR count). The first-order valence-corrected chi connectivity index (χ1v) is 5.97. The van der Waals surface area contributed by atoms with Crippen molar-refractivity contribution in [3.63, 3.8) is 0 Å². The minimum Gasteiger partial charge on any atom is -0.447 e. The highest BCUT2D eigenvalue weighted by Gasteiger charge is 2.22. The van der Waals surface area contributed by atoms with Gasteiger partial charge in [-0.15, -0.1) is 0 Å². The average molecular weight is 254 g/mol. The zero-order valence-electron chi connectivity index (χ0n) is 10.7. The smallest absolute Gasteiger partial charge is 0.411 e. The minimum absolute atomic E-state index is 0.140. The Morgan fingerprint density at radius 1 is 1.44 bits per heavy atom. The highest BCUT2D eigenvalue weighted by atomic mass is 19.1. The van der Waals surface area contributed by atoms with Gasteiger partial charge in [0.1, 0.15) is 12.4 Å². The van der Waals surface area contributed by atoms with Gasteiger partial charge in [-0.05, 0) is 31.0 Å². The maximum absolute atomic E-state index is 12.9. The SMILES string of the molecule is CCC(N)(CC)COC(=O)Nc1cccc(F)c1. The number of rotatable bonds is 5. The summed E-state index contributed by atoms with van der Waals surface area (Å²) in [5.41, 5.74) is 5.85. The van der Waals surface area contributed by atoms with Crippen LogP contribution >= 0.6 is 0 Å². The number of nitrogens with one attached hydrogen (secondary N) is 1. The van der Waals surface area contributed by atoms with Crippen LogP contribution in [0.5, 0.6) is 0 Å². The lowest BCUT2D eigenvalue weighted by atomic mass is 9.96. The van der Waals surface area contributed by atoms with E-state index in [1.165, 1.54) is 18.2 Å². The van der Waals surface area contributed by atoms with Gasteiger partial charge in [-0.1, -0.05) is 19.9 Å². The van der Waals surface area contributed by atoms with Crippen molar-refractivity contribution in [1.29, 1.82) is 0 Å². The molecule has 1 aromatic rings. The van der Waals surface area contributed by atoms with Crippen LogP contribution in [0, 0.1) is 5.82 Å². The number of ether oxygens (including phenoxy) is 1. The maximum Gasteiger partial charge on any atom is 0.411 e. The second-order valence-corrected chi connectivity index (χ2v) is 4.28. The molecule has 0 aliphatic heterocycles. The van der Waals surface area contributed by atoms with Crippen LogP contribution in [0.4, 0.5) is 14.9 Å². The Labute approximate surface area is 106 Å². The summed E-state index contributed by atoms with van der Waals surface area (Å²) in [4.78, 5) is 11.5. The van der Waals surface area contributed by atoms with Gasteiger partial charge in [0, 0.05) is 11.2 Å². The van der Waals surface area contributed by atoms with Crippen molar-refractivity contribution >= 4 is 11.8 Å². The molecule has 100 valence electrons. The van der Waals surface area contributed by atoms with Crippen LogP contribution in [0.2, 0.25) is 0 Å². The molecular formula is C13H19FN2O2. The Kier molecular flexibility index (Phi) is 5.09. The standard InChI is InChI=1S/C13H19FN2O2/c1-3-13(15,4-2)9-18-12(17)16-11-7-5-6-10(14)8-11/h5-8H,3-4,9,15H2,1-2H3,(H,16,17). The molecule has 0 aromatic heterocycles. The maximum atomic E-state index is 12.9. The van der Waals surface area contributed by atoms with Gasteiger partial charge in [0.25, 0.3) is 0 Å². The molecule has 0 radical (unpaired) electrons. The number of benzene rings is 1.